The molecule has 0 radical (unpaired) electrons. The number of hydrogen-bond donors (Lipinski definition) is 1. The molecule has 0 saturated heterocycles. The van der Waals surface area contributed by atoms with E-state index in [9.17, 15) is 0 Å². The van der Waals surface area contributed by atoms with Gasteiger partial charge in [0.1, 0.15) is 5.15 Å². The lowest BCUT2D eigenvalue weighted by Gasteiger charge is -1.94. The molecule has 2 aromatic rings. The monoisotopic (exact) mass is 168 g/mol. The van der Waals surface area contributed by atoms with Gasteiger partial charge in [-0.25, -0.2) is 9.97 Å². The van der Waals surface area contributed by atoms with Gasteiger partial charge in [0.05, 0.1) is 6.20 Å². The van der Waals surface area contributed by atoms with Crippen molar-refractivity contribution in [3.05, 3.63) is 23.7 Å². The van der Waals surface area contributed by atoms with Crippen molar-refractivity contribution in [3.8, 4) is 0 Å². The van der Waals surface area contributed by atoms with Crippen LogP contribution in [0.3, 0.4) is 0 Å². The van der Waals surface area contributed by atoms with Gasteiger partial charge in [-0.1, -0.05) is 11.6 Å². The Labute approximate surface area is 67.6 Å². The van der Waals surface area contributed by atoms with E-state index in [1.54, 1.807) is 16.8 Å². The van der Waals surface area contributed by atoms with E-state index in [-0.39, 0.29) is 0 Å². The fourth-order valence-corrected chi connectivity index (χ4v) is 1.09. The highest BCUT2D eigenvalue weighted by molar-refractivity contribution is 6.29. The molecule has 0 fully saturated rings. The largest absolute Gasteiger partial charge is 0.381 e. The molecule has 2 rings (SSSR count). The van der Waals surface area contributed by atoms with Gasteiger partial charge in [0.15, 0.2) is 11.5 Å². The Bertz CT molecular complexity index is 394. The van der Waals surface area contributed by atoms with Crippen LogP contribution in [-0.2, 0) is 0 Å². The minimum absolute atomic E-state index is 0.388. The van der Waals surface area contributed by atoms with E-state index in [1.165, 1.54) is 6.20 Å². The second-order valence-corrected chi connectivity index (χ2v) is 2.47. The summed E-state index contributed by atoms with van der Waals surface area (Å²) in [6.45, 7) is 0. The van der Waals surface area contributed by atoms with Crippen LogP contribution in [0.5, 0.6) is 0 Å². The molecule has 0 unspecified atom stereocenters. The Hall–Kier alpha value is -1.29. The fraction of sp³-hybridized carbons (Fsp3) is 0. The third-order valence-corrected chi connectivity index (χ3v) is 1.69. The van der Waals surface area contributed by atoms with Crippen molar-refractivity contribution in [2.75, 3.05) is 5.73 Å². The number of nitrogens with two attached hydrogens (primary N) is 1. The molecule has 5 heteroatoms. The minimum Gasteiger partial charge on any atom is -0.381 e. The number of aromatic nitrogens is 3. The Morgan fingerprint density at radius 1 is 1.45 bits per heavy atom. The summed E-state index contributed by atoms with van der Waals surface area (Å²) in [6.07, 6.45) is 4.83. The number of imidazole rings is 1. The molecule has 0 aliphatic heterocycles. The third kappa shape index (κ3) is 0.832. The Morgan fingerprint density at radius 3 is 3.00 bits per heavy atom. The van der Waals surface area contributed by atoms with Crippen LogP contribution in [0.15, 0.2) is 18.6 Å². The maximum Gasteiger partial charge on any atom is 0.181 e. The SMILES string of the molecule is Nc1nccn2c(Cl)cnc12. The average molecular weight is 169 g/mol. The molecule has 4 nitrogen and oxygen atoms in total. The molecule has 0 saturated carbocycles. The van der Waals surface area contributed by atoms with Crippen molar-refractivity contribution < 1.29 is 0 Å². The predicted molar refractivity (Wildman–Crippen MR) is 42.4 cm³/mol. The molecule has 0 aliphatic carbocycles. The second-order valence-electron chi connectivity index (χ2n) is 2.09. The summed E-state index contributed by atoms with van der Waals surface area (Å²) >= 11 is 5.76. The maximum absolute atomic E-state index is 5.76. The summed E-state index contributed by atoms with van der Waals surface area (Å²) in [7, 11) is 0. The first-order valence-corrected chi connectivity index (χ1v) is 3.40. The van der Waals surface area contributed by atoms with Crippen LogP contribution in [-0.4, -0.2) is 14.4 Å². The standard InChI is InChI=1S/C6H5ClN4/c7-4-3-10-6-5(8)9-1-2-11(4)6/h1-3H,(H2,8,9). The van der Waals surface area contributed by atoms with Crippen LogP contribution < -0.4 is 5.73 Å². The van der Waals surface area contributed by atoms with Crippen LogP contribution in [0.4, 0.5) is 5.82 Å². The summed E-state index contributed by atoms with van der Waals surface area (Å²) in [4.78, 5) is 7.82. The molecular formula is C6H5ClN4. The van der Waals surface area contributed by atoms with E-state index in [4.69, 9.17) is 17.3 Å². The Morgan fingerprint density at radius 2 is 2.27 bits per heavy atom. The molecule has 56 valence electrons. The molecule has 0 bridgehead atoms. The lowest BCUT2D eigenvalue weighted by atomic mass is 10.6. The van der Waals surface area contributed by atoms with Gasteiger partial charge in [-0.15, -0.1) is 0 Å². The van der Waals surface area contributed by atoms with Crippen molar-refractivity contribution in [2.45, 2.75) is 0 Å². The summed E-state index contributed by atoms with van der Waals surface area (Å²) in [6, 6.07) is 0. The molecular weight excluding hydrogens is 164 g/mol. The van der Waals surface area contributed by atoms with Crippen molar-refractivity contribution >= 4 is 23.1 Å². The first-order chi connectivity index (χ1) is 5.29. The van der Waals surface area contributed by atoms with E-state index in [1.807, 2.05) is 0 Å². The summed E-state index contributed by atoms with van der Waals surface area (Å²) in [5.41, 5.74) is 6.11. The highest BCUT2D eigenvalue weighted by Gasteiger charge is 2.02. The van der Waals surface area contributed by atoms with Gasteiger partial charge in [0.2, 0.25) is 0 Å². The predicted octanol–water partition coefficient (Wildman–Crippen LogP) is 0.965. The van der Waals surface area contributed by atoms with Crippen molar-refractivity contribution in [1.82, 2.24) is 14.4 Å². The number of fused-ring (bicyclic) bond motifs is 1. The average Bonchev–Trinajstić information content (AvgIpc) is 2.35. The topological polar surface area (TPSA) is 56.2 Å². The fourth-order valence-electron chi connectivity index (χ4n) is 0.909. The normalized spacial score (nSPS) is 10.6. The zero-order chi connectivity index (χ0) is 7.84. The van der Waals surface area contributed by atoms with Gasteiger partial charge in [0, 0.05) is 12.4 Å². The molecule has 2 heterocycles. The summed E-state index contributed by atoms with van der Waals surface area (Å²) in [5, 5.41) is 0.536. The summed E-state index contributed by atoms with van der Waals surface area (Å²) in [5.74, 6) is 0.388. The molecule has 2 N–H and O–H groups in total. The maximum atomic E-state index is 5.76. The van der Waals surface area contributed by atoms with Crippen LogP contribution in [0.1, 0.15) is 0 Å². The molecule has 0 atom stereocenters. The Kier molecular flexibility index (Phi) is 1.22. The Balaban J connectivity index is 2.94. The molecule has 0 amide bonds. The number of hydrogen-bond acceptors (Lipinski definition) is 3. The first-order valence-electron chi connectivity index (χ1n) is 3.02. The van der Waals surface area contributed by atoms with Gasteiger partial charge in [-0.05, 0) is 0 Å². The second kappa shape index (κ2) is 2.10. The number of anilines is 1. The lowest BCUT2D eigenvalue weighted by molar-refractivity contribution is 1.13. The third-order valence-electron chi connectivity index (χ3n) is 1.41. The number of rotatable bonds is 0. The van der Waals surface area contributed by atoms with Gasteiger partial charge < -0.3 is 5.73 Å². The van der Waals surface area contributed by atoms with Gasteiger partial charge in [-0.2, -0.15) is 0 Å². The molecule has 0 spiro atoms. The van der Waals surface area contributed by atoms with Crippen molar-refractivity contribution in [1.29, 1.82) is 0 Å². The van der Waals surface area contributed by atoms with E-state index in [0.29, 0.717) is 16.6 Å². The lowest BCUT2D eigenvalue weighted by Crippen LogP contribution is -1.94. The van der Waals surface area contributed by atoms with Crippen molar-refractivity contribution in [2.24, 2.45) is 0 Å². The van der Waals surface area contributed by atoms with E-state index >= 15 is 0 Å². The van der Waals surface area contributed by atoms with Crippen LogP contribution in [0.2, 0.25) is 5.15 Å². The van der Waals surface area contributed by atoms with E-state index in [0.717, 1.165) is 0 Å². The first kappa shape index (κ1) is 6.42. The molecule has 11 heavy (non-hydrogen) atoms. The number of halogens is 1. The molecule has 2 aromatic heterocycles. The van der Waals surface area contributed by atoms with E-state index < -0.39 is 0 Å². The molecule has 0 aliphatic rings. The van der Waals surface area contributed by atoms with Crippen molar-refractivity contribution in [3.63, 3.8) is 0 Å². The highest BCUT2D eigenvalue weighted by Crippen LogP contribution is 2.14. The zero-order valence-electron chi connectivity index (χ0n) is 5.53. The minimum atomic E-state index is 0.388. The van der Waals surface area contributed by atoms with E-state index in [2.05, 4.69) is 9.97 Å². The number of nitrogen functional groups attached to an aromatic ring is 1. The van der Waals surface area contributed by atoms with Gasteiger partial charge in [-0.3, -0.25) is 4.40 Å². The highest BCUT2D eigenvalue weighted by atomic mass is 35.5. The van der Waals surface area contributed by atoms with Crippen LogP contribution in [0, 0.1) is 0 Å². The van der Waals surface area contributed by atoms with Gasteiger partial charge in [0.25, 0.3) is 0 Å². The van der Waals surface area contributed by atoms with Crippen LogP contribution >= 0.6 is 11.6 Å². The number of nitrogens with zero attached hydrogens (tertiary/aromatic N) is 3. The zero-order valence-corrected chi connectivity index (χ0v) is 6.28. The smallest absolute Gasteiger partial charge is 0.181 e. The molecule has 0 aromatic carbocycles. The van der Waals surface area contributed by atoms with Crippen LogP contribution in [0.25, 0.3) is 5.65 Å². The summed E-state index contributed by atoms with van der Waals surface area (Å²) < 4.78 is 1.67. The quantitative estimate of drug-likeness (QED) is 0.638. The van der Waals surface area contributed by atoms with Gasteiger partial charge >= 0.3 is 0 Å².